The van der Waals surface area contributed by atoms with Crippen LogP contribution < -0.4 is 19.7 Å². The van der Waals surface area contributed by atoms with Gasteiger partial charge < -0.3 is 14.8 Å². The lowest BCUT2D eigenvalue weighted by molar-refractivity contribution is -0.118. The molecule has 2 aliphatic rings. The molecule has 0 saturated heterocycles. The van der Waals surface area contributed by atoms with Crippen LogP contribution in [0.5, 0.6) is 11.5 Å². The summed E-state index contributed by atoms with van der Waals surface area (Å²) in [4.78, 5) is 28.3. The average Bonchev–Trinajstić information content (AvgIpc) is 2.86. The van der Waals surface area contributed by atoms with Crippen molar-refractivity contribution in [3.8, 4) is 11.5 Å². The number of allylic oxidation sites excluding steroid dienone is 1. The number of amides is 1. The molecule has 1 aliphatic heterocycles. The second-order valence-electron chi connectivity index (χ2n) is 8.85. The van der Waals surface area contributed by atoms with Gasteiger partial charge in [0.25, 0.3) is 0 Å². The fraction of sp³-hybridized carbons (Fsp3) is 0.360. The molecule has 2 aromatic rings. The van der Waals surface area contributed by atoms with E-state index in [9.17, 15) is 9.59 Å². The molecule has 0 spiro atoms. The molecule has 1 heterocycles. The van der Waals surface area contributed by atoms with E-state index in [1.165, 1.54) is 6.92 Å². The Kier molecular flexibility index (Phi) is 5.25. The van der Waals surface area contributed by atoms with Crippen LogP contribution >= 0.6 is 0 Å². The summed E-state index contributed by atoms with van der Waals surface area (Å²) in [6.45, 7) is 5.72. The normalized spacial score (nSPS) is 19.7. The van der Waals surface area contributed by atoms with Crippen LogP contribution in [0.3, 0.4) is 0 Å². The highest BCUT2D eigenvalue weighted by molar-refractivity contribution is 6.06. The van der Waals surface area contributed by atoms with E-state index in [4.69, 9.17) is 9.47 Å². The zero-order valence-corrected chi connectivity index (χ0v) is 18.6. The van der Waals surface area contributed by atoms with Gasteiger partial charge in [-0.3, -0.25) is 14.5 Å². The van der Waals surface area contributed by atoms with Gasteiger partial charge in [-0.25, -0.2) is 0 Å². The quantitative estimate of drug-likeness (QED) is 0.768. The summed E-state index contributed by atoms with van der Waals surface area (Å²) >= 11 is 0. The van der Waals surface area contributed by atoms with Crippen molar-refractivity contribution in [1.82, 2.24) is 0 Å². The van der Waals surface area contributed by atoms with Gasteiger partial charge in [0.1, 0.15) is 0 Å². The SMILES string of the molecule is COc1cccc([C@@H]2C3=C(CC(C)(C)CC3=O)Nc3ccccc3N2C(C)=O)c1OC. The third-order valence-electron chi connectivity index (χ3n) is 5.97. The molecule has 1 aliphatic carbocycles. The van der Waals surface area contributed by atoms with Gasteiger partial charge in [-0.15, -0.1) is 0 Å². The highest BCUT2D eigenvalue weighted by Gasteiger charge is 2.43. The molecule has 31 heavy (non-hydrogen) atoms. The molecule has 0 unspecified atom stereocenters. The maximum absolute atomic E-state index is 13.5. The molecule has 1 atom stereocenters. The molecular formula is C25H28N2O4. The van der Waals surface area contributed by atoms with Crippen LogP contribution in [-0.2, 0) is 9.59 Å². The maximum Gasteiger partial charge on any atom is 0.224 e. The van der Waals surface area contributed by atoms with Gasteiger partial charge in [0.2, 0.25) is 5.91 Å². The highest BCUT2D eigenvalue weighted by Crippen LogP contribution is 2.50. The molecule has 0 bridgehead atoms. The van der Waals surface area contributed by atoms with E-state index in [0.29, 0.717) is 29.9 Å². The number of ketones is 1. The standard InChI is InChI=1S/C25H28N2O4/c1-15(28)27-19-11-7-6-10-17(19)26-18-13-25(2,3)14-20(29)22(18)23(27)16-9-8-12-21(30-4)24(16)31-5/h6-12,23,26H,13-14H2,1-5H3/t23-/m1/s1. The number of carbonyl (C=O) groups excluding carboxylic acids is 2. The van der Waals surface area contributed by atoms with Crippen LogP contribution in [0.2, 0.25) is 0 Å². The van der Waals surface area contributed by atoms with Crippen molar-refractivity contribution < 1.29 is 19.1 Å². The van der Waals surface area contributed by atoms with Gasteiger partial charge in [-0.1, -0.05) is 38.1 Å². The van der Waals surface area contributed by atoms with E-state index < -0.39 is 6.04 Å². The van der Waals surface area contributed by atoms with Crippen molar-refractivity contribution in [3.05, 3.63) is 59.3 Å². The summed E-state index contributed by atoms with van der Waals surface area (Å²) < 4.78 is 11.2. The van der Waals surface area contributed by atoms with E-state index in [2.05, 4.69) is 19.2 Å². The summed E-state index contributed by atoms with van der Waals surface area (Å²) in [5, 5.41) is 3.49. The van der Waals surface area contributed by atoms with E-state index >= 15 is 0 Å². The van der Waals surface area contributed by atoms with Crippen LogP contribution in [-0.4, -0.2) is 25.9 Å². The number of nitrogens with zero attached hydrogens (tertiary/aromatic N) is 1. The zero-order chi connectivity index (χ0) is 22.3. The van der Waals surface area contributed by atoms with E-state index in [0.717, 1.165) is 22.6 Å². The first-order chi connectivity index (χ1) is 14.8. The van der Waals surface area contributed by atoms with Gasteiger partial charge in [-0.2, -0.15) is 0 Å². The molecule has 0 fully saturated rings. The minimum absolute atomic E-state index is 0.0349. The maximum atomic E-state index is 13.5. The Morgan fingerprint density at radius 3 is 2.48 bits per heavy atom. The van der Waals surface area contributed by atoms with Crippen LogP contribution in [0.1, 0.15) is 45.2 Å². The molecule has 6 nitrogen and oxygen atoms in total. The molecule has 2 aromatic carbocycles. The first kappa shape index (κ1) is 21.0. The largest absolute Gasteiger partial charge is 0.493 e. The van der Waals surface area contributed by atoms with Crippen molar-refractivity contribution in [2.75, 3.05) is 24.4 Å². The fourth-order valence-corrected chi connectivity index (χ4v) is 4.76. The number of anilines is 2. The minimum Gasteiger partial charge on any atom is -0.493 e. The molecule has 1 amide bonds. The minimum atomic E-state index is -0.628. The molecule has 1 N–H and O–H groups in total. The number of methoxy groups -OCH3 is 2. The Labute approximate surface area is 182 Å². The molecule has 162 valence electrons. The number of benzene rings is 2. The summed E-state index contributed by atoms with van der Waals surface area (Å²) in [6, 6.07) is 12.6. The molecule has 0 aromatic heterocycles. The predicted octanol–water partition coefficient (Wildman–Crippen LogP) is 4.87. The molecule has 4 rings (SSSR count). The lowest BCUT2D eigenvalue weighted by atomic mass is 9.73. The third kappa shape index (κ3) is 3.56. The number of hydrogen-bond acceptors (Lipinski definition) is 5. The van der Waals surface area contributed by atoms with Crippen molar-refractivity contribution in [3.63, 3.8) is 0 Å². The van der Waals surface area contributed by atoms with Gasteiger partial charge in [0, 0.05) is 30.2 Å². The number of para-hydroxylation sites is 3. The summed E-state index contributed by atoms with van der Waals surface area (Å²) in [6.07, 6.45) is 1.12. The van der Waals surface area contributed by atoms with Gasteiger partial charge in [-0.05, 0) is 30.0 Å². The Bertz CT molecular complexity index is 1090. The first-order valence-corrected chi connectivity index (χ1v) is 10.4. The molecular weight excluding hydrogens is 392 g/mol. The second kappa shape index (κ2) is 7.76. The van der Waals surface area contributed by atoms with Crippen LogP contribution in [0.25, 0.3) is 0 Å². The van der Waals surface area contributed by atoms with Gasteiger partial charge in [0.05, 0.1) is 31.6 Å². The topological polar surface area (TPSA) is 67.9 Å². The van der Waals surface area contributed by atoms with Crippen molar-refractivity contribution in [2.45, 2.75) is 39.7 Å². The zero-order valence-electron chi connectivity index (χ0n) is 18.6. The molecule has 0 saturated carbocycles. The van der Waals surface area contributed by atoms with Crippen molar-refractivity contribution >= 4 is 23.1 Å². The lowest BCUT2D eigenvalue weighted by Gasteiger charge is -2.37. The fourth-order valence-electron chi connectivity index (χ4n) is 4.76. The van der Waals surface area contributed by atoms with Crippen molar-refractivity contribution in [2.24, 2.45) is 5.41 Å². The Morgan fingerprint density at radius 1 is 1.06 bits per heavy atom. The van der Waals surface area contributed by atoms with Crippen LogP contribution in [0, 0.1) is 5.41 Å². The monoisotopic (exact) mass is 420 g/mol. The summed E-state index contributed by atoms with van der Waals surface area (Å²) in [5.41, 5.74) is 3.54. The predicted molar refractivity (Wildman–Crippen MR) is 121 cm³/mol. The Balaban J connectivity index is 2.06. The highest BCUT2D eigenvalue weighted by atomic mass is 16.5. The molecule has 6 heteroatoms. The first-order valence-electron chi connectivity index (χ1n) is 10.4. The number of hydrogen-bond donors (Lipinski definition) is 1. The average molecular weight is 421 g/mol. The number of rotatable bonds is 3. The Morgan fingerprint density at radius 2 is 1.81 bits per heavy atom. The van der Waals surface area contributed by atoms with Gasteiger partial charge in [0.15, 0.2) is 17.3 Å². The lowest BCUT2D eigenvalue weighted by Crippen LogP contribution is -2.38. The summed E-state index contributed by atoms with van der Waals surface area (Å²) in [7, 11) is 3.15. The van der Waals surface area contributed by atoms with E-state index in [1.54, 1.807) is 19.1 Å². The smallest absolute Gasteiger partial charge is 0.224 e. The number of carbonyl (C=O) groups is 2. The number of Topliss-reactive ketones (excluding diaryl/α,β-unsaturated/α-hetero) is 1. The second-order valence-corrected chi connectivity index (χ2v) is 8.85. The van der Waals surface area contributed by atoms with Crippen molar-refractivity contribution in [1.29, 1.82) is 0 Å². The molecule has 0 radical (unpaired) electrons. The number of fused-ring (bicyclic) bond motifs is 1. The van der Waals surface area contributed by atoms with E-state index in [-0.39, 0.29) is 17.1 Å². The number of nitrogens with one attached hydrogen (secondary N) is 1. The number of ether oxygens (including phenoxy) is 2. The van der Waals surface area contributed by atoms with E-state index in [1.807, 2.05) is 42.5 Å². The third-order valence-corrected chi connectivity index (χ3v) is 5.97. The Hall–Kier alpha value is -3.28. The van der Waals surface area contributed by atoms with Gasteiger partial charge >= 0.3 is 0 Å². The summed E-state index contributed by atoms with van der Waals surface area (Å²) in [5.74, 6) is 0.952. The van der Waals surface area contributed by atoms with Crippen LogP contribution in [0.15, 0.2) is 53.7 Å². The van der Waals surface area contributed by atoms with Crippen LogP contribution in [0.4, 0.5) is 11.4 Å².